The maximum atomic E-state index is 13.8. The van der Waals surface area contributed by atoms with Crippen LogP contribution in [0.15, 0.2) is 100 Å². The highest BCUT2D eigenvalue weighted by atomic mass is 32.1. The summed E-state index contributed by atoms with van der Waals surface area (Å²) in [7, 11) is 0. The van der Waals surface area contributed by atoms with Crippen LogP contribution in [0.1, 0.15) is 29.7 Å². The summed E-state index contributed by atoms with van der Waals surface area (Å²) in [6.45, 7) is -1.03. The van der Waals surface area contributed by atoms with Crippen molar-refractivity contribution in [1.29, 1.82) is 0 Å². The van der Waals surface area contributed by atoms with Gasteiger partial charge < -0.3 is 9.47 Å². The minimum atomic E-state index is -2.92. The molecule has 0 spiro atoms. The zero-order chi connectivity index (χ0) is 26.6. The molecule has 1 aromatic heterocycles. The molecule has 4 aromatic rings. The van der Waals surface area contributed by atoms with Crippen LogP contribution in [0, 0.1) is 0 Å². The minimum Gasteiger partial charge on any atom is -0.463 e. The molecule has 38 heavy (non-hydrogen) atoms. The highest BCUT2D eigenvalue weighted by Crippen LogP contribution is 2.35. The Labute approximate surface area is 220 Å². The number of fused-ring (bicyclic) bond motifs is 1. The van der Waals surface area contributed by atoms with Gasteiger partial charge in [0.25, 0.3) is 5.56 Å². The van der Waals surface area contributed by atoms with Gasteiger partial charge in [-0.2, -0.15) is 8.78 Å². The Hall–Kier alpha value is -4.37. The number of thiazole rings is 1. The molecule has 192 valence electrons. The number of ether oxygens (including phenoxy) is 2. The first kappa shape index (κ1) is 25.3. The number of aromatic nitrogens is 1. The predicted octanol–water partition coefficient (Wildman–Crippen LogP) is 4.54. The van der Waals surface area contributed by atoms with Crippen LogP contribution in [0.25, 0.3) is 11.8 Å². The number of carbonyl (C=O) groups excluding carboxylic acids is 1. The molecule has 0 saturated carbocycles. The van der Waals surface area contributed by atoms with E-state index < -0.39 is 18.6 Å². The Morgan fingerprint density at radius 1 is 1.03 bits per heavy atom. The van der Waals surface area contributed by atoms with Crippen molar-refractivity contribution in [2.45, 2.75) is 19.6 Å². The lowest BCUT2D eigenvalue weighted by Crippen LogP contribution is -2.39. The molecule has 0 N–H and O–H groups in total. The van der Waals surface area contributed by atoms with Crippen molar-refractivity contribution in [3.63, 3.8) is 0 Å². The van der Waals surface area contributed by atoms with Crippen molar-refractivity contribution in [1.82, 2.24) is 4.57 Å². The molecule has 2 heterocycles. The number of halogens is 2. The maximum Gasteiger partial charge on any atom is 0.387 e. The van der Waals surface area contributed by atoms with E-state index in [2.05, 4.69) is 4.74 Å². The number of benzene rings is 3. The summed E-state index contributed by atoms with van der Waals surface area (Å²) in [6, 6.07) is 23.8. The van der Waals surface area contributed by atoms with Crippen LogP contribution in [0.5, 0.6) is 5.75 Å². The van der Waals surface area contributed by atoms with Gasteiger partial charge in [0.15, 0.2) is 4.80 Å². The third-order valence-corrected chi connectivity index (χ3v) is 6.87. The van der Waals surface area contributed by atoms with E-state index in [9.17, 15) is 18.4 Å². The van der Waals surface area contributed by atoms with E-state index in [0.717, 1.165) is 11.1 Å². The van der Waals surface area contributed by atoms with Gasteiger partial charge in [0.05, 0.1) is 28.5 Å². The van der Waals surface area contributed by atoms with Gasteiger partial charge in [0.1, 0.15) is 5.75 Å². The quantitative estimate of drug-likeness (QED) is 0.328. The molecule has 0 saturated heterocycles. The molecule has 1 atom stereocenters. The molecule has 0 bridgehead atoms. The van der Waals surface area contributed by atoms with Gasteiger partial charge in [-0.25, -0.2) is 9.79 Å². The summed E-state index contributed by atoms with van der Waals surface area (Å²) in [4.78, 5) is 32.3. The van der Waals surface area contributed by atoms with Gasteiger partial charge in [-0.1, -0.05) is 84.1 Å². The van der Waals surface area contributed by atoms with Gasteiger partial charge in [0, 0.05) is 5.56 Å². The fraction of sp³-hybridized carbons (Fsp3) is 0.138. The summed E-state index contributed by atoms with van der Waals surface area (Å²) >= 11 is 1.19. The summed E-state index contributed by atoms with van der Waals surface area (Å²) in [5.74, 6) is -0.526. The topological polar surface area (TPSA) is 69.9 Å². The Morgan fingerprint density at radius 2 is 1.68 bits per heavy atom. The molecular formula is C29H22F2N2O4S. The van der Waals surface area contributed by atoms with Crippen molar-refractivity contribution in [2.75, 3.05) is 6.61 Å². The van der Waals surface area contributed by atoms with E-state index in [1.54, 1.807) is 25.1 Å². The van der Waals surface area contributed by atoms with Gasteiger partial charge in [-0.15, -0.1) is 0 Å². The van der Waals surface area contributed by atoms with E-state index in [-0.39, 0.29) is 23.5 Å². The second kappa shape index (κ2) is 10.9. The normalized spacial score (nSPS) is 15.3. The molecule has 0 radical (unpaired) electrons. The molecule has 5 rings (SSSR count). The van der Waals surface area contributed by atoms with E-state index in [4.69, 9.17) is 9.73 Å². The lowest BCUT2D eigenvalue weighted by Gasteiger charge is -2.25. The Morgan fingerprint density at radius 3 is 2.32 bits per heavy atom. The first-order valence-electron chi connectivity index (χ1n) is 11.8. The monoisotopic (exact) mass is 532 g/mol. The average Bonchev–Trinajstić information content (AvgIpc) is 3.24. The Kier molecular flexibility index (Phi) is 7.28. The first-order valence-corrected chi connectivity index (χ1v) is 12.7. The zero-order valence-corrected chi connectivity index (χ0v) is 21.0. The minimum absolute atomic E-state index is 0.0225. The number of alkyl halides is 2. The lowest BCUT2D eigenvalue weighted by molar-refractivity contribution is -0.138. The second-order valence-corrected chi connectivity index (χ2v) is 9.30. The molecule has 0 amide bonds. The van der Waals surface area contributed by atoms with Crippen molar-refractivity contribution in [3.05, 3.63) is 127 Å². The summed E-state index contributed by atoms with van der Waals surface area (Å²) < 4.78 is 36.7. The van der Waals surface area contributed by atoms with Crippen LogP contribution in [0.4, 0.5) is 8.78 Å². The fourth-order valence-electron chi connectivity index (χ4n) is 4.29. The van der Waals surface area contributed by atoms with Crippen LogP contribution in [-0.4, -0.2) is 23.8 Å². The summed E-state index contributed by atoms with van der Waals surface area (Å²) in [5.41, 5.74) is 2.48. The number of hydrogen-bond acceptors (Lipinski definition) is 6. The second-order valence-electron chi connectivity index (χ2n) is 8.29. The van der Waals surface area contributed by atoms with Crippen LogP contribution in [0.2, 0.25) is 0 Å². The highest BCUT2D eigenvalue weighted by molar-refractivity contribution is 7.07. The molecule has 9 heteroatoms. The number of rotatable bonds is 7. The van der Waals surface area contributed by atoms with Crippen LogP contribution < -0.4 is 19.6 Å². The zero-order valence-electron chi connectivity index (χ0n) is 20.2. The molecule has 6 nitrogen and oxygen atoms in total. The lowest BCUT2D eigenvalue weighted by atomic mass is 9.93. The number of esters is 1. The van der Waals surface area contributed by atoms with Crippen molar-refractivity contribution in [2.24, 2.45) is 4.99 Å². The van der Waals surface area contributed by atoms with E-state index in [1.165, 1.54) is 28.0 Å². The van der Waals surface area contributed by atoms with Crippen LogP contribution in [0.3, 0.4) is 0 Å². The molecule has 3 aromatic carbocycles. The highest BCUT2D eigenvalue weighted by Gasteiger charge is 2.35. The van der Waals surface area contributed by atoms with Gasteiger partial charge >= 0.3 is 12.6 Å². The largest absolute Gasteiger partial charge is 0.463 e. The van der Waals surface area contributed by atoms with E-state index >= 15 is 0 Å². The van der Waals surface area contributed by atoms with Crippen LogP contribution >= 0.6 is 11.3 Å². The molecule has 0 unspecified atom stereocenters. The smallest absolute Gasteiger partial charge is 0.387 e. The van der Waals surface area contributed by atoms with Crippen molar-refractivity contribution >= 4 is 29.1 Å². The Bertz CT molecular complexity index is 1660. The first-order chi connectivity index (χ1) is 18.5. The van der Waals surface area contributed by atoms with Gasteiger partial charge in [-0.05, 0) is 36.3 Å². The maximum absolute atomic E-state index is 13.8. The molecule has 1 aliphatic rings. The molecule has 1 aliphatic heterocycles. The van der Waals surface area contributed by atoms with Gasteiger partial charge in [0.2, 0.25) is 0 Å². The van der Waals surface area contributed by atoms with E-state index in [1.807, 2.05) is 60.7 Å². The fourth-order valence-corrected chi connectivity index (χ4v) is 5.29. The Balaban J connectivity index is 1.73. The predicted molar refractivity (Wildman–Crippen MR) is 141 cm³/mol. The summed E-state index contributed by atoms with van der Waals surface area (Å²) in [5, 5.41) is 0. The number of carbonyl (C=O) groups is 1. The van der Waals surface area contributed by atoms with Crippen LogP contribution in [-0.2, 0) is 9.53 Å². The molecule has 0 fully saturated rings. The number of nitrogens with zero attached hydrogens (tertiary/aromatic N) is 2. The molecular weight excluding hydrogens is 510 g/mol. The SMILES string of the molecule is CCOC(=O)C1=C(c2ccccc2)N=c2s/c(=C/c3ccc(OC(F)F)cc3)c(=O)n2[C@@H]1c1ccccc1. The molecule has 0 aliphatic carbocycles. The third-order valence-electron chi connectivity index (χ3n) is 5.89. The summed E-state index contributed by atoms with van der Waals surface area (Å²) in [6.07, 6.45) is 1.66. The van der Waals surface area contributed by atoms with Gasteiger partial charge in [-0.3, -0.25) is 9.36 Å². The van der Waals surface area contributed by atoms with E-state index in [0.29, 0.717) is 20.6 Å². The standard InChI is InChI=1S/C29H22F2N2O4S/c1-2-36-27(35)23-24(19-9-5-3-6-10-19)32-29-33(25(23)20-11-7-4-8-12-20)26(34)22(38-29)17-18-13-15-21(16-14-18)37-28(30)31/h3-17,25,28H,2H2,1H3/b22-17+/t25-/m1/s1. The van der Waals surface area contributed by atoms with Crippen molar-refractivity contribution < 1.29 is 23.0 Å². The number of hydrogen-bond donors (Lipinski definition) is 0. The van der Waals surface area contributed by atoms with Crippen molar-refractivity contribution in [3.8, 4) is 5.75 Å². The average molecular weight is 533 g/mol. The third kappa shape index (κ3) is 5.05.